The number of hydrogen-bond acceptors (Lipinski definition) is 4. The van der Waals surface area contributed by atoms with Crippen molar-refractivity contribution >= 4 is 17.4 Å². The monoisotopic (exact) mass is 326 g/mol. The van der Waals surface area contributed by atoms with Crippen molar-refractivity contribution in [3.63, 3.8) is 0 Å². The number of hydrogen-bond donors (Lipinski definition) is 1. The molecule has 0 unspecified atom stereocenters. The Morgan fingerprint density at radius 3 is 2.71 bits per heavy atom. The molecule has 0 bridgehead atoms. The van der Waals surface area contributed by atoms with Gasteiger partial charge in [-0.3, -0.25) is 4.79 Å². The number of nitrogens with zero attached hydrogens (tertiary/aromatic N) is 3. The minimum atomic E-state index is -0.0777. The summed E-state index contributed by atoms with van der Waals surface area (Å²) in [5.74, 6) is 0.952. The van der Waals surface area contributed by atoms with Crippen LogP contribution in [0.5, 0.6) is 0 Å². The Labute approximate surface area is 144 Å². The first-order chi connectivity index (χ1) is 11.5. The van der Waals surface area contributed by atoms with Gasteiger partial charge in [-0.25, -0.2) is 9.97 Å². The van der Waals surface area contributed by atoms with E-state index in [9.17, 15) is 4.79 Å². The van der Waals surface area contributed by atoms with Crippen LogP contribution in [0.1, 0.15) is 55.6 Å². The van der Waals surface area contributed by atoms with Crippen LogP contribution in [0.25, 0.3) is 0 Å². The molecule has 2 rings (SSSR count). The largest absolute Gasteiger partial charge is 0.340 e. The molecular formula is C19H26N4O. The van der Waals surface area contributed by atoms with E-state index in [0.717, 1.165) is 25.1 Å². The highest BCUT2D eigenvalue weighted by Crippen LogP contribution is 2.26. The molecule has 0 radical (unpaired) electrons. The molecule has 0 spiro atoms. The highest BCUT2D eigenvalue weighted by Gasteiger charge is 2.14. The summed E-state index contributed by atoms with van der Waals surface area (Å²) in [6.07, 6.45) is 3.47. The molecule has 0 saturated heterocycles. The van der Waals surface area contributed by atoms with Gasteiger partial charge in [0.05, 0.1) is 0 Å². The number of rotatable bonds is 7. The maximum atomic E-state index is 12.4. The molecule has 0 aliphatic heterocycles. The fourth-order valence-electron chi connectivity index (χ4n) is 2.49. The Balaban J connectivity index is 2.18. The molecule has 24 heavy (non-hydrogen) atoms. The molecule has 1 amide bonds. The van der Waals surface area contributed by atoms with Gasteiger partial charge in [-0.05, 0) is 24.0 Å². The van der Waals surface area contributed by atoms with Gasteiger partial charge in [0.1, 0.15) is 17.8 Å². The molecule has 0 fully saturated rings. The summed E-state index contributed by atoms with van der Waals surface area (Å²) in [6.45, 7) is 7.14. The molecule has 5 heteroatoms. The quantitative estimate of drug-likeness (QED) is 0.828. The Morgan fingerprint density at radius 2 is 2.00 bits per heavy atom. The Kier molecular flexibility index (Phi) is 6.29. The summed E-state index contributed by atoms with van der Waals surface area (Å²) in [7, 11) is 1.81. The first-order valence-corrected chi connectivity index (χ1v) is 8.46. The van der Waals surface area contributed by atoms with Crippen molar-refractivity contribution in [3.8, 4) is 0 Å². The number of anilines is 2. The summed E-state index contributed by atoms with van der Waals surface area (Å²) in [5.41, 5.74) is 2.63. The minimum absolute atomic E-state index is 0.0777. The van der Waals surface area contributed by atoms with Crippen LogP contribution < -0.4 is 5.32 Å². The van der Waals surface area contributed by atoms with E-state index in [2.05, 4.69) is 42.1 Å². The molecule has 128 valence electrons. The molecule has 1 aromatic carbocycles. The summed E-state index contributed by atoms with van der Waals surface area (Å²) in [6, 6.07) is 9.84. The number of aromatic nitrogens is 2. The summed E-state index contributed by atoms with van der Waals surface area (Å²) < 4.78 is 0. The number of para-hydroxylation sites is 1. The second-order valence-electron chi connectivity index (χ2n) is 6.24. The van der Waals surface area contributed by atoms with Crippen molar-refractivity contribution in [3.05, 3.63) is 47.9 Å². The van der Waals surface area contributed by atoms with Gasteiger partial charge in [0.25, 0.3) is 5.91 Å². The molecule has 0 aliphatic rings. The highest BCUT2D eigenvalue weighted by atomic mass is 16.2. The van der Waals surface area contributed by atoms with Gasteiger partial charge < -0.3 is 10.2 Å². The van der Waals surface area contributed by atoms with Crippen LogP contribution in [0.4, 0.5) is 11.5 Å². The van der Waals surface area contributed by atoms with Crippen LogP contribution in [-0.2, 0) is 0 Å². The van der Waals surface area contributed by atoms with E-state index < -0.39 is 0 Å². The first kappa shape index (κ1) is 17.9. The van der Waals surface area contributed by atoms with Gasteiger partial charge in [-0.15, -0.1) is 0 Å². The lowest BCUT2D eigenvalue weighted by Gasteiger charge is -2.17. The molecule has 1 aromatic heterocycles. The number of benzene rings is 1. The van der Waals surface area contributed by atoms with Crippen LogP contribution >= 0.6 is 0 Å². The smallest absolute Gasteiger partial charge is 0.272 e. The van der Waals surface area contributed by atoms with Crippen molar-refractivity contribution in [1.82, 2.24) is 14.9 Å². The van der Waals surface area contributed by atoms with E-state index in [4.69, 9.17) is 0 Å². The standard InChI is InChI=1S/C19H26N4O/c1-5-6-11-23(4)19(24)17-12-18(21-13-20-17)22-16-10-8-7-9-15(16)14(2)3/h7-10,12-14H,5-6,11H2,1-4H3,(H,20,21,22). The zero-order valence-electron chi connectivity index (χ0n) is 14.9. The van der Waals surface area contributed by atoms with Gasteiger partial charge in [0.15, 0.2) is 0 Å². The predicted molar refractivity (Wildman–Crippen MR) is 97.7 cm³/mol. The van der Waals surface area contributed by atoms with E-state index in [1.54, 1.807) is 18.0 Å². The molecule has 1 N–H and O–H groups in total. The number of carbonyl (C=O) groups excluding carboxylic acids is 1. The van der Waals surface area contributed by atoms with Crippen LogP contribution in [0.15, 0.2) is 36.7 Å². The summed E-state index contributed by atoms with van der Waals surface area (Å²) in [4.78, 5) is 22.5. The van der Waals surface area contributed by atoms with Gasteiger partial charge in [0.2, 0.25) is 0 Å². The lowest BCUT2D eigenvalue weighted by molar-refractivity contribution is 0.0787. The Hall–Kier alpha value is -2.43. The van der Waals surface area contributed by atoms with Crippen LogP contribution in [-0.4, -0.2) is 34.4 Å². The van der Waals surface area contributed by atoms with E-state index >= 15 is 0 Å². The van der Waals surface area contributed by atoms with Gasteiger partial charge in [-0.1, -0.05) is 45.4 Å². The van der Waals surface area contributed by atoms with Crippen molar-refractivity contribution in [1.29, 1.82) is 0 Å². The minimum Gasteiger partial charge on any atom is -0.340 e. The molecule has 5 nitrogen and oxygen atoms in total. The molecule has 0 saturated carbocycles. The number of carbonyl (C=O) groups is 1. The van der Waals surface area contributed by atoms with E-state index in [1.165, 1.54) is 11.9 Å². The topological polar surface area (TPSA) is 58.1 Å². The van der Waals surface area contributed by atoms with E-state index in [0.29, 0.717) is 17.4 Å². The van der Waals surface area contributed by atoms with Gasteiger partial charge in [-0.2, -0.15) is 0 Å². The number of unbranched alkanes of at least 4 members (excludes halogenated alkanes) is 1. The third kappa shape index (κ3) is 4.54. The molecular weight excluding hydrogens is 300 g/mol. The molecule has 1 heterocycles. The SMILES string of the molecule is CCCCN(C)C(=O)c1cc(Nc2ccccc2C(C)C)ncn1. The maximum absolute atomic E-state index is 12.4. The van der Waals surface area contributed by atoms with Crippen molar-refractivity contribution in [2.24, 2.45) is 0 Å². The third-order valence-electron chi connectivity index (χ3n) is 3.93. The second-order valence-corrected chi connectivity index (χ2v) is 6.24. The van der Waals surface area contributed by atoms with Gasteiger partial charge in [0, 0.05) is 25.3 Å². The summed E-state index contributed by atoms with van der Waals surface area (Å²) in [5, 5.41) is 3.31. The molecule has 2 aromatic rings. The number of nitrogens with one attached hydrogen (secondary N) is 1. The zero-order chi connectivity index (χ0) is 17.5. The van der Waals surface area contributed by atoms with Crippen molar-refractivity contribution < 1.29 is 4.79 Å². The average Bonchev–Trinajstić information content (AvgIpc) is 2.59. The van der Waals surface area contributed by atoms with Crippen LogP contribution in [0.3, 0.4) is 0 Å². The maximum Gasteiger partial charge on any atom is 0.272 e. The van der Waals surface area contributed by atoms with Crippen LogP contribution in [0.2, 0.25) is 0 Å². The van der Waals surface area contributed by atoms with Crippen molar-refractivity contribution in [2.75, 3.05) is 18.9 Å². The Bertz CT molecular complexity index is 685. The van der Waals surface area contributed by atoms with Crippen molar-refractivity contribution in [2.45, 2.75) is 39.5 Å². The molecule has 0 aliphatic carbocycles. The lowest BCUT2D eigenvalue weighted by atomic mass is 10.0. The van der Waals surface area contributed by atoms with E-state index in [-0.39, 0.29) is 5.91 Å². The first-order valence-electron chi connectivity index (χ1n) is 8.46. The Morgan fingerprint density at radius 1 is 1.25 bits per heavy atom. The molecule has 0 atom stereocenters. The normalized spacial score (nSPS) is 10.7. The summed E-state index contributed by atoms with van der Waals surface area (Å²) >= 11 is 0. The fraction of sp³-hybridized carbons (Fsp3) is 0.421. The van der Waals surface area contributed by atoms with Gasteiger partial charge >= 0.3 is 0 Å². The average molecular weight is 326 g/mol. The third-order valence-corrected chi connectivity index (χ3v) is 3.93. The number of amides is 1. The van der Waals surface area contributed by atoms with Crippen LogP contribution in [0, 0.1) is 0 Å². The second kappa shape index (κ2) is 8.43. The van der Waals surface area contributed by atoms with E-state index in [1.807, 2.05) is 18.2 Å². The highest BCUT2D eigenvalue weighted by molar-refractivity contribution is 5.92. The fourth-order valence-corrected chi connectivity index (χ4v) is 2.49. The predicted octanol–water partition coefficient (Wildman–Crippen LogP) is 4.22. The zero-order valence-corrected chi connectivity index (χ0v) is 14.9. The lowest BCUT2D eigenvalue weighted by Crippen LogP contribution is -2.28.